The van der Waals surface area contributed by atoms with Crippen LogP contribution in [0.3, 0.4) is 0 Å². The second-order valence-corrected chi connectivity index (χ2v) is 7.92. The third-order valence-corrected chi connectivity index (χ3v) is 4.71. The zero-order valence-corrected chi connectivity index (χ0v) is 13.1. The van der Waals surface area contributed by atoms with Crippen LogP contribution in [-0.4, -0.2) is 29.1 Å². The first-order valence-corrected chi connectivity index (χ1v) is 7.52. The van der Waals surface area contributed by atoms with Gasteiger partial charge in [-0.1, -0.05) is 32.1 Å². The van der Waals surface area contributed by atoms with Gasteiger partial charge in [0.25, 0.3) is 0 Å². The number of aromatic nitrogens is 1. The van der Waals surface area contributed by atoms with Gasteiger partial charge in [-0.2, -0.15) is 0 Å². The zero-order chi connectivity index (χ0) is 13.5. The molecule has 1 N–H and O–H groups in total. The van der Waals surface area contributed by atoms with Crippen molar-refractivity contribution in [3.05, 3.63) is 9.48 Å². The Balaban J connectivity index is 2.28. The van der Waals surface area contributed by atoms with Gasteiger partial charge >= 0.3 is 0 Å². The van der Waals surface area contributed by atoms with Crippen LogP contribution in [0.2, 0.25) is 0 Å². The van der Waals surface area contributed by atoms with Crippen molar-refractivity contribution in [1.82, 2.24) is 4.98 Å². The predicted molar refractivity (Wildman–Crippen MR) is 76.1 cm³/mol. The first kappa shape index (κ1) is 14.0. The molecule has 4 nitrogen and oxygen atoms in total. The fourth-order valence-electron chi connectivity index (χ4n) is 1.96. The number of aliphatic hydroxyl groups is 1. The monoisotopic (exact) mass is 332 g/mol. The number of halogens is 1. The number of nitrogens with zero attached hydrogens (tertiary/aromatic N) is 2. The fraction of sp³-hybridized carbons (Fsp3) is 0.667. The molecule has 1 aromatic rings. The molecule has 6 heteroatoms. The summed E-state index contributed by atoms with van der Waals surface area (Å²) in [5.74, 6) is 0.0917. The molecule has 0 bridgehead atoms. The van der Waals surface area contributed by atoms with Crippen LogP contribution in [0.25, 0.3) is 0 Å². The van der Waals surface area contributed by atoms with Gasteiger partial charge < -0.3 is 5.11 Å². The van der Waals surface area contributed by atoms with Crippen LogP contribution < -0.4 is 4.90 Å². The van der Waals surface area contributed by atoms with Gasteiger partial charge in [0.15, 0.2) is 5.13 Å². The van der Waals surface area contributed by atoms with Gasteiger partial charge in [0, 0.05) is 30.9 Å². The SMILES string of the molecule is CC(C)(C)c1nc(N2CC(CO)CC2=O)sc1Br. The maximum absolute atomic E-state index is 11.9. The van der Waals surface area contributed by atoms with E-state index in [4.69, 9.17) is 5.11 Å². The second kappa shape index (κ2) is 4.90. The average molecular weight is 333 g/mol. The lowest BCUT2D eigenvalue weighted by Gasteiger charge is -2.16. The molecule has 2 rings (SSSR count). The Labute approximate surface area is 119 Å². The smallest absolute Gasteiger partial charge is 0.229 e. The number of carbonyl (C=O) groups is 1. The van der Waals surface area contributed by atoms with E-state index in [2.05, 4.69) is 41.7 Å². The highest BCUT2D eigenvalue weighted by molar-refractivity contribution is 9.11. The highest BCUT2D eigenvalue weighted by Gasteiger charge is 2.33. The predicted octanol–water partition coefficient (Wildman–Crippen LogP) is 2.55. The third-order valence-electron chi connectivity index (χ3n) is 2.98. The Bertz CT molecular complexity index is 467. The molecule has 1 aliphatic heterocycles. The molecule has 100 valence electrons. The van der Waals surface area contributed by atoms with Gasteiger partial charge in [-0.3, -0.25) is 9.69 Å². The molecule has 1 aliphatic rings. The normalized spacial score (nSPS) is 20.8. The first-order chi connectivity index (χ1) is 8.32. The lowest BCUT2D eigenvalue weighted by Crippen LogP contribution is -2.25. The molecule has 1 fully saturated rings. The maximum atomic E-state index is 11.9. The van der Waals surface area contributed by atoms with Gasteiger partial charge in [0.05, 0.1) is 9.48 Å². The van der Waals surface area contributed by atoms with Crippen LogP contribution in [0.1, 0.15) is 32.9 Å². The molecule has 0 aromatic carbocycles. The summed E-state index contributed by atoms with van der Waals surface area (Å²) in [7, 11) is 0. The van der Waals surface area contributed by atoms with Crippen LogP contribution in [0.15, 0.2) is 3.79 Å². The van der Waals surface area contributed by atoms with Gasteiger partial charge in [0.2, 0.25) is 5.91 Å². The van der Waals surface area contributed by atoms with Gasteiger partial charge in [-0.05, 0) is 15.9 Å². The molecule has 2 heterocycles. The summed E-state index contributed by atoms with van der Waals surface area (Å²) >= 11 is 5.00. The summed E-state index contributed by atoms with van der Waals surface area (Å²) < 4.78 is 0.977. The van der Waals surface area contributed by atoms with E-state index >= 15 is 0 Å². The molecule has 0 radical (unpaired) electrons. The lowest BCUT2D eigenvalue weighted by molar-refractivity contribution is -0.117. The maximum Gasteiger partial charge on any atom is 0.229 e. The lowest BCUT2D eigenvalue weighted by atomic mass is 9.93. The minimum Gasteiger partial charge on any atom is -0.396 e. The van der Waals surface area contributed by atoms with Crippen molar-refractivity contribution in [3.63, 3.8) is 0 Å². The van der Waals surface area contributed by atoms with Crippen molar-refractivity contribution >= 4 is 38.3 Å². The second-order valence-electron chi connectivity index (χ2n) is 5.63. The van der Waals surface area contributed by atoms with Gasteiger partial charge in [-0.15, -0.1) is 0 Å². The molecule has 0 saturated carbocycles. The van der Waals surface area contributed by atoms with Crippen molar-refractivity contribution < 1.29 is 9.90 Å². The quantitative estimate of drug-likeness (QED) is 0.905. The van der Waals surface area contributed by atoms with Crippen LogP contribution in [0.5, 0.6) is 0 Å². The Hall–Kier alpha value is -0.460. The van der Waals surface area contributed by atoms with Crippen molar-refractivity contribution in [2.24, 2.45) is 5.92 Å². The molecule has 0 spiro atoms. The van der Waals surface area contributed by atoms with E-state index in [1.807, 2.05) is 0 Å². The summed E-state index contributed by atoms with van der Waals surface area (Å²) in [5, 5.41) is 9.86. The minimum absolute atomic E-state index is 0.0401. The van der Waals surface area contributed by atoms with E-state index in [0.29, 0.717) is 13.0 Å². The molecule has 1 atom stereocenters. The summed E-state index contributed by atoms with van der Waals surface area (Å²) in [6.07, 6.45) is 0.415. The Morgan fingerprint density at radius 1 is 1.56 bits per heavy atom. The van der Waals surface area contributed by atoms with Crippen LogP contribution in [0, 0.1) is 5.92 Å². The van der Waals surface area contributed by atoms with Crippen LogP contribution in [-0.2, 0) is 10.2 Å². The number of aliphatic hydroxyl groups excluding tert-OH is 1. The fourth-order valence-corrected chi connectivity index (χ4v) is 4.11. The molecule has 18 heavy (non-hydrogen) atoms. The van der Waals surface area contributed by atoms with E-state index in [-0.39, 0.29) is 23.8 Å². The summed E-state index contributed by atoms with van der Waals surface area (Å²) in [6.45, 7) is 6.91. The van der Waals surface area contributed by atoms with Crippen LogP contribution in [0.4, 0.5) is 5.13 Å². The zero-order valence-electron chi connectivity index (χ0n) is 10.7. The number of amides is 1. The van der Waals surface area contributed by atoms with E-state index in [1.165, 1.54) is 11.3 Å². The third kappa shape index (κ3) is 2.60. The number of hydrogen-bond acceptors (Lipinski definition) is 4. The Morgan fingerprint density at radius 2 is 2.22 bits per heavy atom. The first-order valence-electron chi connectivity index (χ1n) is 5.91. The van der Waals surface area contributed by atoms with E-state index in [0.717, 1.165) is 14.6 Å². The topological polar surface area (TPSA) is 53.4 Å². The average Bonchev–Trinajstić information content (AvgIpc) is 2.80. The van der Waals surface area contributed by atoms with Crippen molar-refractivity contribution in [2.45, 2.75) is 32.6 Å². The summed E-state index contributed by atoms with van der Waals surface area (Å²) in [4.78, 5) is 18.1. The Morgan fingerprint density at radius 3 is 2.67 bits per heavy atom. The highest BCUT2D eigenvalue weighted by atomic mass is 79.9. The molecule has 1 unspecified atom stereocenters. The largest absolute Gasteiger partial charge is 0.396 e. The van der Waals surface area contributed by atoms with Gasteiger partial charge in [-0.25, -0.2) is 4.98 Å². The number of rotatable bonds is 2. The van der Waals surface area contributed by atoms with E-state index in [9.17, 15) is 4.79 Å². The molecule has 1 saturated heterocycles. The van der Waals surface area contributed by atoms with Gasteiger partial charge in [0.1, 0.15) is 0 Å². The molecule has 0 aliphatic carbocycles. The number of carbonyl (C=O) groups excluding carboxylic acids is 1. The van der Waals surface area contributed by atoms with E-state index < -0.39 is 0 Å². The molecule has 1 aromatic heterocycles. The highest BCUT2D eigenvalue weighted by Crippen LogP contribution is 2.39. The van der Waals surface area contributed by atoms with Crippen LogP contribution >= 0.6 is 27.3 Å². The summed E-state index contributed by atoms with van der Waals surface area (Å²) in [5.41, 5.74) is 0.926. The molecule has 1 amide bonds. The molecular weight excluding hydrogens is 316 g/mol. The van der Waals surface area contributed by atoms with E-state index in [1.54, 1.807) is 4.90 Å². The molecular formula is C12H17BrN2O2S. The standard InChI is InChI=1S/C12H17BrN2O2S/c1-12(2,3)9-10(13)18-11(14-9)15-5-7(6-16)4-8(15)17/h7,16H,4-6H2,1-3H3. The van der Waals surface area contributed by atoms with Crippen molar-refractivity contribution in [2.75, 3.05) is 18.1 Å². The number of thiazole rings is 1. The summed E-state index contributed by atoms with van der Waals surface area (Å²) in [6, 6.07) is 0. The Kier molecular flexibility index (Phi) is 3.80. The number of anilines is 1. The minimum atomic E-state index is -0.0489. The number of hydrogen-bond donors (Lipinski definition) is 1. The van der Waals surface area contributed by atoms with Crippen molar-refractivity contribution in [3.8, 4) is 0 Å². The van der Waals surface area contributed by atoms with Crippen molar-refractivity contribution in [1.29, 1.82) is 0 Å².